The summed E-state index contributed by atoms with van der Waals surface area (Å²) in [5.41, 5.74) is -0.378. The number of nitrogens with zero attached hydrogens (tertiary/aromatic N) is 2. The number of hydrogen-bond acceptors (Lipinski definition) is 5. The lowest BCUT2D eigenvalue weighted by Crippen LogP contribution is -2.65. The molecule has 4 fully saturated rings. The van der Waals surface area contributed by atoms with Crippen LogP contribution in [0.15, 0.2) is 18.6 Å². The van der Waals surface area contributed by atoms with Crippen LogP contribution in [-0.4, -0.2) is 34.5 Å². The third kappa shape index (κ3) is 2.31. The molecular formula is C17H21N3O3. The van der Waals surface area contributed by atoms with Crippen LogP contribution in [-0.2, 0) is 9.53 Å². The van der Waals surface area contributed by atoms with Crippen LogP contribution in [0.2, 0.25) is 0 Å². The topological polar surface area (TPSA) is 81.2 Å². The Bertz CT molecular complexity index is 632. The predicted molar refractivity (Wildman–Crippen MR) is 81.4 cm³/mol. The second-order valence-corrected chi connectivity index (χ2v) is 7.56. The first-order valence-electron chi connectivity index (χ1n) is 8.21. The fourth-order valence-electron chi connectivity index (χ4n) is 5.59. The monoisotopic (exact) mass is 315 g/mol. The van der Waals surface area contributed by atoms with Gasteiger partial charge in [0.25, 0.3) is 5.91 Å². The SMILES string of the molecule is COC(=O)C12C[C@H]3C[C@@H](CC(NC(=O)c4cnccn4)(C3)C1)C2. The van der Waals surface area contributed by atoms with Crippen molar-refractivity contribution in [2.75, 3.05) is 7.11 Å². The molecule has 23 heavy (non-hydrogen) atoms. The van der Waals surface area contributed by atoms with E-state index in [-0.39, 0.29) is 17.4 Å². The van der Waals surface area contributed by atoms with Crippen molar-refractivity contribution < 1.29 is 14.3 Å². The maximum atomic E-state index is 12.5. The smallest absolute Gasteiger partial charge is 0.311 e. The van der Waals surface area contributed by atoms with Gasteiger partial charge in [0, 0.05) is 17.9 Å². The Labute approximate surface area is 135 Å². The van der Waals surface area contributed by atoms with E-state index in [9.17, 15) is 9.59 Å². The van der Waals surface area contributed by atoms with Crippen molar-refractivity contribution in [3.05, 3.63) is 24.3 Å². The van der Waals surface area contributed by atoms with E-state index in [2.05, 4.69) is 15.3 Å². The Morgan fingerprint density at radius 3 is 2.57 bits per heavy atom. The molecule has 1 amide bonds. The largest absolute Gasteiger partial charge is 0.469 e. The Morgan fingerprint density at radius 2 is 1.96 bits per heavy atom. The van der Waals surface area contributed by atoms with Crippen molar-refractivity contribution in [3.8, 4) is 0 Å². The van der Waals surface area contributed by atoms with E-state index in [0.29, 0.717) is 24.0 Å². The van der Waals surface area contributed by atoms with Gasteiger partial charge in [0.1, 0.15) is 5.69 Å². The summed E-state index contributed by atoms with van der Waals surface area (Å²) in [7, 11) is 1.46. The van der Waals surface area contributed by atoms with Crippen LogP contribution in [0.3, 0.4) is 0 Å². The van der Waals surface area contributed by atoms with Crippen LogP contribution in [0.25, 0.3) is 0 Å². The van der Waals surface area contributed by atoms with E-state index in [1.165, 1.54) is 25.9 Å². The number of methoxy groups -OCH3 is 1. The van der Waals surface area contributed by atoms with Gasteiger partial charge >= 0.3 is 5.97 Å². The fraction of sp³-hybridized carbons (Fsp3) is 0.647. The molecular weight excluding hydrogens is 294 g/mol. The zero-order valence-corrected chi connectivity index (χ0v) is 13.2. The Morgan fingerprint density at radius 1 is 1.22 bits per heavy atom. The van der Waals surface area contributed by atoms with Gasteiger partial charge in [-0.15, -0.1) is 0 Å². The first-order valence-corrected chi connectivity index (χ1v) is 8.21. The predicted octanol–water partition coefficient (Wildman–Crippen LogP) is 1.72. The van der Waals surface area contributed by atoms with E-state index < -0.39 is 5.41 Å². The summed E-state index contributed by atoms with van der Waals surface area (Å²) in [5.74, 6) is 0.694. The summed E-state index contributed by atoms with van der Waals surface area (Å²) in [6.07, 6.45) is 10.1. The van der Waals surface area contributed by atoms with Crippen LogP contribution >= 0.6 is 0 Å². The molecule has 6 nitrogen and oxygen atoms in total. The summed E-state index contributed by atoms with van der Waals surface area (Å²) < 4.78 is 5.10. The van der Waals surface area contributed by atoms with E-state index in [1.807, 2.05) is 0 Å². The highest BCUT2D eigenvalue weighted by atomic mass is 16.5. The molecule has 0 unspecified atom stereocenters. The highest BCUT2D eigenvalue weighted by Gasteiger charge is 2.61. The van der Waals surface area contributed by atoms with Crippen molar-refractivity contribution in [1.82, 2.24) is 15.3 Å². The first-order chi connectivity index (χ1) is 11.0. The van der Waals surface area contributed by atoms with Crippen LogP contribution < -0.4 is 5.32 Å². The molecule has 5 rings (SSSR count). The lowest BCUT2D eigenvalue weighted by Gasteiger charge is -2.60. The maximum Gasteiger partial charge on any atom is 0.311 e. The third-order valence-corrected chi connectivity index (χ3v) is 5.85. The lowest BCUT2D eigenvalue weighted by molar-refractivity contribution is -0.171. The van der Waals surface area contributed by atoms with Gasteiger partial charge < -0.3 is 10.1 Å². The molecule has 4 aliphatic rings. The normalized spacial score (nSPS) is 37.4. The number of carbonyl (C=O) groups is 2. The molecule has 0 aromatic carbocycles. The van der Waals surface area contributed by atoms with E-state index in [1.54, 1.807) is 6.20 Å². The molecule has 4 saturated carbocycles. The van der Waals surface area contributed by atoms with Crippen molar-refractivity contribution >= 4 is 11.9 Å². The fourth-order valence-corrected chi connectivity index (χ4v) is 5.59. The number of nitrogens with one attached hydrogen (secondary N) is 1. The molecule has 4 bridgehead atoms. The zero-order valence-electron chi connectivity index (χ0n) is 13.2. The quantitative estimate of drug-likeness (QED) is 0.859. The van der Waals surface area contributed by atoms with Crippen molar-refractivity contribution in [3.63, 3.8) is 0 Å². The van der Waals surface area contributed by atoms with Gasteiger partial charge in [-0.05, 0) is 50.4 Å². The van der Waals surface area contributed by atoms with Crippen molar-refractivity contribution in [2.45, 2.75) is 44.1 Å². The molecule has 4 aliphatic carbocycles. The molecule has 1 heterocycles. The van der Waals surface area contributed by atoms with Gasteiger partial charge in [-0.25, -0.2) is 4.98 Å². The molecule has 2 atom stereocenters. The minimum absolute atomic E-state index is 0.107. The second-order valence-electron chi connectivity index (χ2n) is 7.56. The summed E-state index contributed by atoms with van der Waals surface area (Å²) in [4.78, 5) is 33.0. The average Bonchev–Trinajstić information content (AvgIpc) is 2.53. The van der Waals surface area contributed by atoms with Gasteiger partial charge in [-0.1, -0.05) is 0 Å². The van der Waals surface area contributed by atoms with Crippen LogP contribution in [0.4, 0.5) is 0 Å². The van der Waals surface area contributed by atoms with Gasteiger partial charge in [-0.2, -0.15) is 0 Å². The highest BCUT2D eigenvalue weighted by Crippen LogP contribution is 2.62. The molecule has 0 aliphatic heterocycles. The van der Waals surface area contributed by atoms with Gasteiger partial charge in [0.2, 0.25) is 0 Å². The maximum absolute atomic E-state index is 12.5. The number of ether oxygens (including phenoxy) is 1. The van der Waals surface area contributed by atoms with Crippen LogP contribution in [0.5, 0.6) is 0 Å². The van der Waals surface area contributed by atoms with Gasteiger partial charge in [0.15, 0.2) is 0 Å². The van der Waals surface area contributed by atoms with Crippen molar-refractivity contribution in [2.24, 2.45) is 17.3 Å². The average molecular weight is 315 g/mol. The minimum atomic E-state index is -0.408. The molecule has 1 aromatic heterocycles. The summed E-state index contributed by atoms with van der Waals surface area (Å²) >= 11 is 0. The van der Waals surface area contributed by atoms with E-state index in [0.717, 1.165) is 25.7 Å². The first kappa shape index (κ1) is 14.6. The Balaban J connectivity index is 1.61. The Kier molecular flexibility index (Phi) is 3.18. The van der Waals surface area contributed by atoms with Crippen LogP contribution in [0, 0.1) is 17.3 Å². The van der Waals surface area contributed by atoms with E-state index >= 15 is 0 Å². The number of amides is 1. The number of hydrogen-bond donors (Lipinski definition) is 1. The summed E-state index contributed by atoms with van der Waals surface area (Å²) in [5, 5.41) is 3.20. The number of esters is 1. The number of carbonyl (C=O) groups excluding carboxylic acids is 2. The molecule has 0 spiro atoms. The lowest BCUT2D eigenvalue weighted by atomic mass is 9.47. The summed E-state index contributed by atoms with van der Waals surface area (Å²) in [6.45, 7) is 0. The summed E-state index contributed by atoms with van der Waals surface area (Å²) in [6, 6.07) is 0. The van der Waals surface area contributed by atoms with Crippen molar-refractivity contribution in [1.29, 1.82) is 0 Å². The van der Waals surface area contributed by atoms with Crippen LogP contribution in [0.1, 0.15) is 49.0 Å². The third-order valence-electron chi connectivity index (χ3n) is 5.85. The molecule has 1 N–H and O–H groups in total. The van der Waals surface area contributed by atoms with E-state index in [4.69, 9.17) is 4.74 Å². The van der Waals surface area contributed by atoms with Gasteiger partial charge in [0.05, 0.1) is 18.7 Å². The minimum Gasteiger partial charge on any atom is -0.469 e. The molecule has 0 radical (unpaired) electrons. The molecule has 122 valence electrons. The number of rotatable bonds is 3. The number of aromatic nitrogens is 2. The van der Waals surface area contributed by atoms with Gasteiger partial charge in [-0.3, -0.25) is 14.6 Å². The highest BCUT2D eigenvalue weighted by molar-refractivity contribution is 5.92. The molecule has 0 saturated heterocycles. The second kappa shape index (κ2) is 5.01. The standard InChI is InChI=1S/C17H21N3O3/c1-23-15(22)16-5-11-4-12(6-16)8-17(7-11,10-16)20-14(21)13-9-18-2-3-19-13/h2-3,9,11-12H,4-8,10H2,1H3,(H,20,21)/t11-,12-,16?,17?/m1/s1. The zero-order chi connectivity index (χ0) is 16.1. The molecule has 6 heteroatoms. The Hall–Kier alpha value is -1.98. The molecule has 1 aromatic rings.